The summed E-state index contributed by atoms with van der Waals surface area (Å²) in [5.41, 5.74) is 10.6. The van der Waals surface area contributed by atoms with Crippen molar-refractivity contribution in [3.8, 4) is 0 Å². The zero-order valence-corrected chi connectivity index (χ0v) is 11.8. The van der Waals surface area contributed by atoms with Crippen LogP contribution < -0.4 is 5.32 Å². The third-order valence-electron chi connectivity index (χ3n) is 4.19. The summed E-state index contributed by atoms with van der Waals surface area (Å²) in [5.74, 6) is 0. The van der Waals surface area contributed by atoms with Crippen LogP contribution in [0, 0.1) is 0 Å². The van der Waals surface area contributed by atoms with Gasteiger partial charge in [-0.05, 0) is 36.0 Å². The second-order valence-corrected chi connectivity index (χ2v) is 5.34. The Bertz CT molecular complexity index is 587. The van der Waals surface area contributed by atoms with E-state index < -0.39 is 5.54 Å². The Morgan fingerprint density at radius 2 is 1.57 bits per heavy atom. The summed E-state index contributed by atoms with van der Waals surface area (Å²) in [6.07, 6.45) is 2.11. The molecule has 21 heavy (non-hydrogen) atoms. The summed E-state index contributed by atoms with van der Waals surface area (Å²) in [4.78, 5) is 3.19. The third kappa shape index (κ3) is 2.40. The molecule has 0 saturated carbocycles. The van der Waals surface area contributed by atoms with Crippen molar-refractivity contribution in [3.63, 3.8) is 0 Å². The molecule has 1 saturated heterocycles. The maximum absolute atomic E-state index is 9.22. The first kappa shape index (κ1) is 13.7. The molecule has 1 atom stereocenters. The second kappa shape index (κ2) is 6.00. The van der Waals surface area contributed by atoms with Crippen LogP contribution in [-0.2, 0) is 5.54 Å². The molecule has 2 aromatic carbocycles. The molecule has 0 amide bonds. The highest BCUT2D eigenvalue weighted by Crippen LogP contribution is 2.40. The van der Waals surface area contributed by atoms with E-state index in [1.807, 2.05) is 60.7 Å². The van der Waals surface area contributed by atoms with E-state index >= 15 is 0 Å². The number of hydrogen-bond acceptors (Lipinski definition) is 2. The largest absolute Gasteiger partial charge is 0.313 e. The molecule has 4 heteroatoms. The Morgan fingerprint density at radius 3 is 2.00 bits per heavy atom. The Morgan fingerprint density at radius 1 is 1.00 bits per heavy atom. The van der Waals surface area contributed by atoms with Crippen molar-refractivity contribution in [3.05, 3.63) is 82.2 Å². The lowest BCUT2D eigenvalue weighted by molar-refractivity contribution is 0.386. The molecule has 0 aliphatic carbocycles. The molecule has 0 spiro atoms. The van der Waals surface area contributed by atoms with E-state index in [4.69, 9.17) is 0 Å². The van der Waals surface area contributed by atoms with Crippen molar-refractivity contribution in [2.24, 2.45) is 5.11 Å². The SMILES string of the molecule is [N-]=[N+]=NC(c1ccccc1)(c1ccccc1)[C@@H]1CCCN1. The summed E-state index contributed by atoms with van der Waals surface area (Å²) in [6.45, 7) is 0.965. The van der Waals surface area contributed by atoms with E-state index in [0.29, 0.717) is 0 Å². The molecule has 1 aliphatic rings. The summed E-state index contributed by atoms with van der Waals surface area (Å²) in [7, 11) is 0. The number of nitrogens with one attached hydrogen (secondary N) is 1. The molecule has 2 aromatic rings. The Kier molecular flexibility index (Phi) is 3.91. The van der Waals surface area contributed by atoms with Gasteiger partial charge in [0.25, 0.3) is 0 Å². The quantitative estimate of drug-likeness (QED) is 0.513. The van der Waals surface area contributed by atoms with Crippen molar-refractivity contribution < 1.29 is 0 Å². The zero-order chi connectivity index (χ0) is 14.5. The number of benzene rings is 2. The molecule has 0 aromatic heterocycles. The van der Waals surface area contributed by atoms with Crippen LogP contribution in [0.2, 0.25) is 0 Å². The van der Waals surface area contributed by atoms with E-state index in [-0.39, 0.29) is 6.04 Å². The van der Waals surface area contributed by atoms with E-state index in [2.05, 4.69) is 15.3 Å². The van der Waals surface area contributed by atoms with Gasteiger partial charge in [0.2, 0.25) is 0 Å². The lowest BCUT2D eigenvalue weighted by atomic mass is 9.77. The number of nitrogens with zero attached hydrogens (tertiary/aromatic N) is 3. The van der Waals surface area contributed by atoms with Crippen LogP contribution in [-0.4, -0.2) is 12.6 Å². The lowest BCUT2D eigenvalue weighted by Gasteiger charge is -2.36. The maximum Gasteiger partial charge on any atom is 0.114 e. The lowest BCUT2D eigenvalue weighted by Crippen LogP contribution is -2.44. The minimum atomic E-state index is -0.687. The molecule has 1 fully saturated rings. The average molecular weight is 278 g/mol. The van der Waals surface area contributed by atoms with E-state index in [1.54, 1.807) is 0 Å². The summed E-state index contributed by atoms with van der Waals surface area (Å²) in [5, 5.41) is 7.81. The smallest absolute Gasteiger partial charge is 0.114 e. The van der Waals surface area contributed by atoms with Gasteiger partial charge in [0.1, 0.15) is 5.54 Å². The Hall–Kier alpha value is -2.29. The molecule has 0 radical (unpaired) electrons. The van der Waals surface area contributed by atoms with Crippen molar-refractivity contribution in [1.29, 1.82) is 0 Å². The van der Waals surface area contributed by atoms with Gasteiger partial charge in [-0.15, -0.1) is 0 Å². The van der Waals surface area contributed by atoms with Gasteiger partial charge < -0.3 is 5.32 Å². The third-order valence-corrected chi connectivity index (χ3v) is 4.19. The molecular weight excluding hydrogens is 260 g/mol. The monoisotopic (exact) mass is 278 g/mol. The van der Waals surface area contributed by atoms with Crippen LogP contribution in [0.3, 0.4) is 0 Å². The van der Waals surface area contributed by atoms with Gasteiger partial charge in [0, 0.05) is 11.0 Å². The number of azide groups is 1. The predicted octanol–water partition coefficient (Wildman–Crippen LogP) is 3.99. The first-order chi connectivity index (χ1) is 10.4. The minimum absolute atomic E-state index is 0.123. The highest BCUT2D eigenvalue weighted by Gasteiger charge is 2.42. The molecule has 1 aliphatic heterocycles. The minimum Gasteiger partial charge on any atom is -0.313 e. The first-order valence-electron chi connectivity index (χ1n) is 7.28. The molecule has 0 unspecified atom stereocenters. The van der Waals surface area contributed by atoms with Gasteiger partial charge in [0.15, 0.2) is 0 Å². The fraction of sp³-hybridized carbons (Fsp3) is 0.294. The Labute approximate surface area is 124 Å². The zero-order valence-electron chi connectivity index (χ0n) is 11.8. The predicted molar refractivity (Wildman–Crippen MR) is 83.8 cm³/mol. The van der Waals surface area contributed by atoms with E-state index in [1.165, 1.54) is 0 Å². The fourth-order valence-corrected chi connectivity index (χ4v) is 3.25. The molecule has 1 heterocycles. The Balaban J connectivity index is 2.23. The van der Waals surface area contributed by atoms with E-state index in [9.17, 15) is 5.53 Å². The summed E-state index contributed by atoms with van der Waals surface area (Å²) < 4.78 is 0. The number of rotatable bonds is 4. The van der Waals surface area contributed by atoms with Crippen LogP contribution in [0.15, 0.2) is 65.8 Å². The summed E-state index contributed by atoms with van der Waals surface area (Å²) in [6, 6.07) is 20.2. The first-order valence-corrected chi connectivity index (χ1v) is 7.28. The van der Waals surface area contributed by atoms with Crippen molar-refractivity contribution >= 4 is 0 Å². The normalized spacial score (nSPS) is 18.2. The van der Waals surface area contributed by atoms with Gasteiger partial charge in [-0.3, -0.25) is 0 Å². The van der Waals surface area contributed by atoms with Gasteiger partial charge in [-0.1, -0.05) is 65.8 Å². The molecule has 4 nitrogen and oxygen atoms in total. The van der Waals surface area contributed by atoms with Crippen molar-refractivity contribution in [2.75, 3.05) is 6.54 Å². The summed E-state index contributed by atoms with van der Waals surface area (Å²) >= 11 is 0. The number of hydrogen-bond donors (Lipinski definition) is 1. The van der Waals surface area contributed by atoms with Crippen LogP contribution in [0.25, 0.3) is 10.4 Å². The fourth-order valence-electron chi connectivity index (χ4n) is 3.25. The molecule has 0 bridgehead atoms. The standard InChI is InChI=1S/C17H18N4/c18-21-20-17(16-12-7-13-19-16,14-8-3-1-4-9-14)15-10-5-2-6-11-15/h1-6,8-11,16,19H,7,12-13H2/t16-/m0/s1. The van der Waals surface area contributed by atoms with Gasteiger partial charge in [-0.2, -0.15) is 0 Å². The van der Waals surface area contributed by atoms with Gasteiger partial charge >= 0.3 is 0 Å². The van der Waals surface area contributed by atoms with Crippen LogP contribution in [0.4, 0.5) is 0 Å². The molecule has 3 rings (SSSR count). The van der Waals surface area contributed by atoms with Crippen LogP contribution in [0.5, 0.6) is 0 Å². The van der Waals surface area contributed by atoms with E-state index in [0.717, 1.165) is 30.5 Å². The van der Waals surface area contributed by atoms with Gasteiger partial charge in [-0.25, -0.2) is 0 Å². The molecule has 1 N–H and O–H groups in total. The van der Waals surface area contributed by atoms with Crippen LogP contribution >= 0.6 is 0 Å². The molecule has 106 valence electrons. The van der Waals surface area contributed by atoms with Crippen LogP contribution in [0.1, 0.15) is 24.0 Å². The topological polar surface area (TPSA) is 60.8 Å². The van der Waals surface area contributed by atoms with Crippen molar-refractivity contribution in [2.45, 2.75) is 24.4 Å². The molecular formula is C17H18N4. The maximum atomic E-state index is 9.22. The van der Waals surface area contributed by atoms with Gasteiger partial charge in [0.05, 0.1) is 0 Å². The highest BCUT2D eigenvalue weighted by atomic mass is 15.2. The van der Waals surface area contributed by atoms with Crippen molar-refractivity contribution in [1.82, 2.24) is 5.32 Å². The highest BCUT2D eigenvalue weighted by molar-refractivity contribution is 5.41. The second-order valence-electron chi connectivity index (χ2n) is 5.34. The average Bonchev–Trinajstić information content (AvgIpc) is 3.09.